The lowest BCUT2D eigenvalue weighted by atomic mass is 9.59. The normalized spacial score (nSPS) is 36.2. The fourth-order valence-corrected chi connectivity index (χ4v) is 4.45. The summed E-state index contributed by atoms with van der Waals surface area (Å²) in [5, 5.41) is 3.55. The highest BCUT2D eigenvalue weighted by atomic mass is 16.5. The Morgan fingerprint density at radius 1 is 1.00 bits per heavy atom. The van der Waals surface area contributed by atoms with Crippen LogP contribution in [0.5, 0.6) is 0 Å². The van der Waals surface area contributed by atoms with Crippen LogP contribution in [0.15, 0.2) is 0 Å². The zero-order valence-electron chi connectivity index (χ0n) is 11.5. The molecule has 2 nitrogen and oxygen atoms in total. The van der Waals surface area contributed by atoms with Gasteiger partial charge in [0.15, 0.2) is 0 Å². The van der Waals surface area contributed by atoms with E-state index in [2.05, 4.69) is 39.9 Å². The molecule has 2 aliphatic rings. The Morgan fingerprint density at radius 2 is 1.56 bits per heavy atom. The third-order valence-electron chi connectivity index (χ3n) is 3.89. The van der Waals surface area contributed by atoms with E-state index in [-0.39, 0.29) is 5.60 Å². The van der Waals surface area contributed by atoms with Gasteiger partial charge in [-0.15, -0.1) is 0 Å². The van der Waals surface area contributed by atoms with Gasteiger partial charge in [-0.3, -0.25) is 0 Å². The van der Waals surface area contributed by atoms with E-state index in [1.165, 1.54) is 19.3 Å². The summed E-state index contributed by atoms with van der Waals surface area (Å²) in [5.41, 5.74) is 0.893. The molecule has 1 saturated heterocycles. The molecule has 1 unspecified atom stereocenters. The van der Waals surface area contributed by atoms with Crippen molar-refractivity contribution in [3.05, 3.63) is 0 Å². The second-order valence-electron chi connectivity index (χ2n) is 7.60. The van der Waals surface area contributed by atoms with Gasteiger partial charge >= 0.3 is 0 Å². The Kier molecular flexibility index (Phi) is 2.87. The molecule has 94 valence electrons. The summed E-state index contributed by atoms with van der Waals surface area (Å²) in [4.78, 5) is 0. The first kappa shape index (κ1) is 12.4. The Hall–Kier alpha value is -0.0800. The average Bonchev–Trinajstić information content (AvgIpc) is 1.94. The molecule has 0 radical (unpaired) electrons. The van der Waals surface area contributed by atoms with Gasteiger partial charge in [0.05, 0.1) is 11.7 Å². The highest BCUT2D eigenvalue weighted by Gasteiger charge is 2.49. The molecule has 2 rings (SSSR count). The van der Waals surface area contributed by atoms with Crippen LogP contribution in [0.3, 0.4) is 0 Å². The molecule has 1 N–H and O–H groups in total. The second kappa shape index (κ2) is 3.71. The van der Waals surface area contributed by atoms with Crippen molar-refractivity contribution >= 4 is 0 Å². The first-order valence-electron chi connectivity index (χ1n) is 6.61. The second-order valence-corrected chi connectivity index (χ2v) is 7.60. The summed E-state index contributed by atoms with van der Waals surface area (Å²) in [5.74, 6) is 0. The SMILES string of the molecule is CC1CNCC2(CC(C)(C)CC(C)(C)C2)O1. The van der Waals surface area contributed by atoms with E-state index in [1.807, 2.05) is 0 Å². The number of nitrogens with one attached hydrogen (secondary N) is 1. The van der Waals surface area contributed by atoms with Gasteiger partial charge in [-0.2, -0.15) is 0 Å². The lowest BCUT2D eigenvalue weighted by molar-refractivity contribution is -0.170. The van der Waals surface area contributed by atoms with Crippen molar-refractivity contribution < 1.29 is 4.74 Å². The molecule has 0 aromatic carbocycles. The van der Waals surface area contributed by atoms with E-state index < -0.39 is 0 Å². The van der Waals surface area contributed by atoms with Crippen LogP contribution in [0.1, 0.15) is 53.9 Å². The first-order valence-corrected chi connectivity index (χ1v) is 6.61. The molecule has 0 amide bonds. The highest BCUT2D eigenvalue weighted by molar-refractivity contribution is 5.01. The Bertz CT molecular complexity index is 254. The van der Waals surface area contributed by atoms with Crippen molar-refractivity contribution in [2.75, 3.05) is 13.1 Å². The molecule has 0 aromatic rings. The summed E-state index contributed by atoms with van der Waals surface area (Å²) < 4.78 is 6.32. The van der Waals surface area contributed by atoms with E-state index >= 15 is 0 Å². The summed E-state index contributed by atoms with van der Waals surface area (Å²) in [6.07, 6.45) is 4.06. The van der Waals surface area contributed by atoms with Crippen molar-refractivity contribution in [2.45, 2.75) is 65.6 Å². The van der Waals surface area contributed by atoms with Crippen LogP contribution in [0.25, 0.3) is 0 Å². The Balaban J connectivity index is 2.20. The van der Waals surface area contributed by atoms with Crippen molar-refractivity contribution in [3.63, 3.8) is 0 Å². The summed E-state index contributed by atoms with van der Waals surface area (Å²) in [7, 11) is 0. The molecule has 1 spiro atoms. The van der Waals surface area contributed by atoms with Gasteiger partial charge in [-0.1, -0.05) is 27.7 Å². The van der Waals surface area contributed by atoms with Crippen molar-refractivity contribution in [1.29, 1.82) is 0 Å². The molecule has 2 fully saturated rings. The Labute approximate surface area is 100 Å². The molecule has 1 atom stereocenters. The van der Waals surface area contributed by atoms with Gasteiger partial charge in [-0.05, 0) is 37.0 Å². The van der Waals surface area contributed by atoms with Gasteiger partial charge in [0.1, 0.15) is 0 Å². The van der Waals surface area contributed by atoms with E-state index in [1.54, 1.807) is 0 Å². The maximum Gasteiger partial charge on any atom is 0.0820 e. The molecule has 1 aliphatic carbocycles. The van der Waals surface area contributed by atoms with Gasteiger partial charge in [-0.25, -0.2) is 0 Å². The van der Waals surface area contributed by atoms with Crippen LogP contribution in [0, 0.1) is 10.8 Å². The molecule has 0 bridgehead atoms. The maximum absolute atomic E-state index is 6.32. The minimum Gasteiger partial charge on any atom is -0.369 e. The predicted octanol–water partition coefficient (Wildman–Crippen LogP) is 2.97. The number of hydrogen-bond donors (Lipinski definition) is 1. The topological polar surface area (TPSA) is 21.3 Å². The van der Waals surface area contributed by atoms with Gasteiger partial charge < -0.3 is 10.1 Å². The van der Waals surface area contributed by atoms with Crippen LogP contribution < -0.4 is 5.32 Å². The summed E-state index contributed by atoms with van der Waals surface area (Å²) in [6, 6.07) is 0. The highest BCUT2D eigenvalue weighted by Crippen LogP contribution is 2.52. The maximum atomic E-state index is 6.32. The quantitative estimate of drug-likeness (QED) is 0.684. The minimum atomic E-state index is 0.0862. The molecular weight excluding hydrogens is 198 g/mol. The monoisotopic (exact) mass is 225 g/mol. The van der Waals surface area contributed by atoms with E-state index in [0.29, 0.717) is 16.9 Å². The summed E-state index contributed by atoms with van der Waals surface area (Å²) in [6.45, 7) is 13.8. The average molecular weight is 225 g/mol. The third-order valence-corrected chi connectivity index (χ3v) is 3.89. The predicted molar refractivity (Wildman–Crippen MR) is 67.6 cm³/mol. The standard InChI is InChI=1S/C14H27NO/c1-11-6-15-10-14(16-11)8-12(2,3)7-13(4,5)9-14/h11,15H,6-10H2,1-5H3. The van der Waals surface area contributed by atoms with Crippen LogP contribution in [-0.4, -0.2) is 24.8 Å². The van der Waals surface area contributed by atoms with Gasteiger partial charge in [0, 0.05) is 13.1 Å². The molecule has 1 heterocycles. The van der Waals surface area contributed by atoms with Crippen molar-refractivity contribution in [3.8, 4) is 0 Å². The first-order chi connectivity index (χ1) is 7.22. The Morgan fingerprint density at radius 3 is 2.06 bits per heavy atom. The van der Waals surface area contributed by atoms with Crippen LogP contribution in [-0.2, 0) is 4.74 Å². The lowest BCUT2D eigenvalue weighted by Gasteiger charge is -2.54. The summed E-state index contributed by atoms with van der Waals surface area (Å²) >= 11 is 0. The zero-order valence-corrected chi connectivity index (χ0v) is 11.5. The van der Waals surface area contributed by atoms with Crippen molar-refractivity contribution in [1.82, 2.24) is 5.32 Å². The van der Waals surface area contributed by atoms with Gasteiger partial charge in [0.2, 0.25) is 0 Å². The number of morpholine rings is 1. The van der Waals surface area contributed by atoms with E-state index in [4.69, 9.17) is 4.74 Å². The van der Waals surface area contributed by atoms with Crippen molar-refractivity contribution in [2.24, 2.45) is 10.8 Å². The van der Waals surface area contributed by atoms with Crippen LogP contribution >= 0.6 is 0 Å². The fourth-order valence-electron chi connectivity index (χ4n) is 4.45. The molecule has 2 heteroatoms. The van der Waals surface area contributed by atoms with Gasteiger partial charge in [0.25, 0.3) is 0 Å². The number of rotatable bonds is 0. The van der Waals surface area contributed by atoms with Crippen LogP contribution in [0.4, 0.5) is 0 Å². The third kappa shape index (κ3) is 2.60. The number of hydrogen-bond acceptors (Lipinski definition) is 2. The molecular formula is C14H27NO. The van der Waals surface area contributed by atoms with E-state index in [9.17, 15) is 0 Å². The van der Waals surface area contributed by atoms with E-state index in [0.717, 1.165) is 13.1 Å². The molecule has 1 saturated carbocycles. The minimum absolute atomic E-state index is 0.0862. The molecule has 1 aliphatic heterocycles. The molecule has 0 aromatic heterocycles. The zero-order chi connectivity index (χ0) is 12.0. The smallest absolute Gasteiger partial charge is 0.0820 e. The largest absolute Gasteiger partial charge is 0.369 e. The number of ether oxygens (including phenoxy) is 1. The molecule has 16 heavy (non-hydrogen) atoms. The van der Waals surface area contributed by atoms with Crippen LogP contribution in [0.2, 0.25) is 0 Å². The lowest BCUT2D eigenvalue weighted by Crippen LogP contribution is -2.59. The fraction of sp³-hybridized carbons (Fsp3) is 1.00.